The molecule has 0 bridgehead atoms. The van der Waals surface area contributed by atoms with Crippen LogP contribution in [0, 0.1) is 5.92 Å². The number of anilines is 1. The zero-order chi connectivity index (χ0) is 25.7. The molecule has 2 aromatic heterocycles. The smallest absolute Gasteiger partial charge is 0.341 e. The van der Waals surface area contributed by atoms with E-state index in [0.717, 1.165) is 35.5 Å². The third-order valence-corrected chi connectivity index (χ3v) is 8.12. The average molecular weight is 531 g/mol. The van der Waals surface area contributed by atoms with Gasteiger partial charge in [0.25, 0.3) is 0 Å². The lowest BCUT2D eigenvalue weighted by atomic mass is 9.88. The molecule has 0 saturated heterocycles. The summed E-state index contributed by atoms with van der Waals surface area (Å²) in [5.41, 5.74) is 1.54. The van der Waals surface area contributed by atoms with Gasteiger partial charge in [0.15, 0.2) is 11.0 Å². The number of hydrogen-bond acceptors (Lipinski definition) is 9. The molecule has 0 aliphatic heterocycles. The van der Waals surface area contributed by atoms with Gasteiger partial charge in [-0.05, 0) is 61.9 Å². The fraction of sp³-hybridized carbons (Fsp3) is 0.440. The van der Waals surface area contributed by atoms with Gasteiger partial charge in [-0.2, -0.15) is 0 Å². The maximum atomic E-state index is 12.8. The predicted octanol–water partition coefficient (Wildman–Crippen LogP) is 4.50. The normalized spacial score (nSPS) is 14.7. The first-order valence-corrected chi connectivity index (χ1v) is 13.6. The molecule has 1 aliphatic rings. The maximum Gasteiger partial charge on any atom is 0.341 e. The molecule has 1 aromatic carbocycles. The first-order chi connectivity index (χ1) is 17.4. The Labute approximate surface area is 218 Å². The van der Waals surface area contributed by atoms with Crippen LogP contribution < -0.4 is 14.8 Å². The summed E-state index contributed by atoms with van der Waals surface area (Å²) in [5.74, 6) is 2.19. The number of amides is 1. The van der Waals surface area contributed by atoms with Crippen LogP contribution in [0.2, 0.25) is 0 Å². The molecule has 0 radical (unpaired) electrons. The molecule has 11 heteroatoms. The molecule has 1 aliphatic carbocycles. The number of carbonyl (C=O) groups is 2. The third kappa shape index (κ3) is 6.01. The molecule has 1 unspecified atom stereocenters. The molecule has 36 heavy (non-hydrogen) atoms. The summed E-state index contributed by atoms with van der Waals surface area (Å²) in [6.07, 6.45) is 2.76. The molecule has 1 atom stereocenters. The number of thioether (sulfide) groups is 1. The van der Waals surface area contributed by atoms with Crippen LogP contribution in [-0.2, 0) is 36.0 Å². The van der Waals surface area contributed by atoms with Crippen molar-refractivity contribution in [2.45, 2.75) is 44.9 Å². The van der Waals surface area contributed by atoms with Gasteiger partial charge in [0, 0.05) is 11.9 Å². The molecule has 1 N–H and O–H groups in total. The molecule has 0 saturated carbocycles. The highest BCUT2D eigenvalue weighted by atomic mass is 32.2. The Bertz CT molecular complexity index is 1220. The monoisotopic (exact) mass is 530 g/mol. The lowest BCUT2D eigenvalue weighted by Gasteiger charge is -2.18. The fourth-order valence-electron chi connectivity index (χ4n) is 3.97. The minimum Gasteiger partial charge on any atom is -0.497 e. The first-order valence-electron chi connectivity index (χ1n) is 11.8. The number of methoxy groups -OCH3 is 1. The summed E-state index contributed by atoms with van der Waals surface area (Å²) in [5, 5.41) is 12.5. The second kappa shape index (κ2) is 11.8. The second-order valence-corrected chi connectivity index (χ2v) is 10.6. The number of nitrogens with one attached hydrogen (secondary N) is 1. The van der Waals surface area contributed by atoms with Gasteiger partial charge in [-0.15, -0.1) is 21.5 Å². The maximum absolute atomic E-state index is 12.8. The van der Waals surface area contributed by atoms with Crippen LogP contribution in [0.15, 0.2) is 29.4 Å². The van der Waals surface area contributed by atoms with E-state index in [4.69, 9.17) is 14.2 Å². The molecular formula is C25H30N4O5S2. The number of hydrogen-bond donors (Lipinski definition) is 1. The van der Waals surface area contributed by atoms with Crippen molar-refractivity contribution in [2.75, 3.05) is 24.8 Å². The SMILES string of the molecule is CCOC(=O)c1c(NC(=O)CSc2nnc(COc3ccc(OC)cc3)n2C)sc2c1CCC(C)C2. The van der Waals surface area contributed by atoms with Crippen LogP contribution in [0.1, 0.15) is 46.9 Å². The largest absolute Gasteiger partial charge is 0.497 e. The van der Waals surface area contributed by atoms with E-state index >= 15 is 0 Å². The van der Waals surface area contributed by atoms with Crippen LogP contribution in [0.5, 0.6) is 11.5 Å². The number of carbonyl (C=O) groups excluding carboxylic acids is 2. The van der Waals surface area contributed by atoms with Crippen LogP contribution in [0.3, 0.4) is 0 Å². The van der Waals surface area contributed by atoms with Gasteiger partial charge < -0.3 is 24.1 Å². The van der Waals surface area contributed by atoms with E-state index in [0.29, 0.717) is 39.8 Å². The molecule has 0 spiro atoms. The summed E-state index contributed by atoms with van der Waals surface area (Å²) in [6, 6.07) is 7.29. The number of esters is 1. The third-order valence-electron chi connectivity index (χ3n) is 5.93. The Morgan fingerprint density at radius 3 is 2.69 bits per heavy atom. The number of thiophene rings is 1. The van der Waals surface area contributed by atoms with E-state index in [1.165, 1.54) is 23.1 Å². The van der Waals surface area contributed by atoms with E-state index in [1.807, 2.05) is 31.3 Å². The number of benzene rings is 1. The standard InChI is InChI=1S/C25H30N4O5S2/c1-5-33-24(31)22-18-11-6-15(2)12-19(18)36-23(22)26-21(30)14-35-25-28-27-20(29(25)3)13-34-17-9-7-16(32-4)8-10-17/h7-10,15H,5-6,11-14H2,1-4H3,(H,26,30). The van der Waals surface area contributed by atoms with Gasteiger partial charge in [0.05, 0.1) is 25.0 Å². The second-order valence-electron chi connectivity index (χ2n) is 8.54. The van der Waals surface area contributed by atoms with Gasteiger partial charge in [0.1, 0.15) is 23.1 Å². The lowest BCUT2D eigenvalue weighted by molar-refractivity contribution is -0.113. The molecule has 1 amide bonds. The number of aromatic nitrogens is 3. The van der Waals surface area contributed by atoms with E-state index in [2.05, 4.69) is 22.4 Å². The topological polar surface area (TPSA) is 105 Å². The first kappa shape index (κ1) is 26.0. The minimum atomic E-state index is -0.373. The van der Waals surface area contributed by atoms with Crippen molar-refractivity contribution in [3.63, 3.8) is 0 Å². The van der Waals surface area contributed by atoms with Crippen molar-refractivity contribution < 1.29 is 23.8 Å². The summed E-state index contributed by atoms with van der Waals surface area (Å²) >= 11 is 2.76. The van der Waals surface area contributed by atoms with Gasteiger partial charge in [-0.3, -0.25) is 4.79 Å². The Balaban J connectivity index is 1.37. The molecule has 9 nitrogen and oxygen atoms in total. The zero-order valence-corrected chi connectivity index (χ0v) is 22.5. The Hall–Kier alpha value is -3.05. The van der Waals surface area contributed by atoms with Crippen molar-refractivity contribution >= 4 is 40.0 Å². The zero-order valence-electron chi connectivity index (χ0n) is 20.8. The van der Waals surface area contributed by atoms with E-state index in [1.54, 1.807) is 18.6 Å². The number of fused-ring (bicyclic) bond motifs is 1. The van der Waals surface area contributed by atoms with Crippen molar-refractivity contribution in [2.24, 2.45) is 13.0 Å². The number of ether oxygens (including phenoxy) is 3. The Morgan fingerprint density at radius 1 is 1.22 bits per heavy atom. The molecule has 0 fully saturated rings. The summed E-state index contributed by atoms with van der Waals surface area (Å²) in [4.78, 5) is 26.6. The van der Waals surface area contributed by atoms with E-state index < -0.39 is 0 Å². The quantitative estimate of drug-likeness (QED) is 0.302. The summed E-state index contributed by atoms with van der Waals surface area (Å²) < 4.78 is 18.0. The summed E-state index contributed by atoms with van der Waals surface area (Å²) in [6.45, 7) is 4.52. The van der Waals surface area contributed by atoms with Crippen molar-refractivity contribution in [3.05, 3.63) is 46.1 Å². The Kier molecular flexibility index (Phi) is 8.52. The minimum absolute atomic E-state index is 0.131. The van der Waals surface area contributed by atoms with Gasteiger partial charge in [-0.25, -0.2) is 4.79 Å². The van der Waals surface area contributed by atoms with E-state index in [9.17, 15) is 9.59 Å². The van der Waals surface area contributed by atoms with Crippen LogP contribution in [0.4, 0.5) is 5.00 Å². The highest BCUT2D eigenvalue weighted by Crippen LogP contribution is 2.40. The van der Waals surface area contributed by atoms with Crippen molar-refractivity contribution in [1.82, 2.24) is 14.8 Å². The molecular weight excluding hydrogens is 500 g/mol. The highest BCUT2D eigenvalue weighted by molar-refractivity contribution is 7.99. The van der Waals surface area contributed by atoms with Crippen molar-refractivity contribution in [3.8, 4) is 11.5 Å². The Morgan fingerprint density at radius 2 is 1.97 bits per heavy atom. The van der Waals surface area contributed by atoms with Gasteiger partial charge in [-0.1, -0.05) is 18.7 Å². The average Bonchev–Trinajstić information content (AvgIpc) is 3.40. The number of nitrogens with zero attached hydrogens (tertiary/aromatic N) is 3. The van der Waals surface area contributed by atoms with Crippen LogP contribution >= 0.6 is 23.1 Å². The summed E-state index contributed by atoms with van der Waals surface area (Å²) in [7, 11) is 3.45. The van der Waals surface area contributed by atoms with E-state index in [-0.39, 0.29) is 24.2 Å². The van der Waals surface area contributed by atoms with Crippen molar-refractivity contribution in [1.29, 1.82) is 0 Å². The molecule has 192 valence electrons. The molecule has 4 rings (SSSR count). The van der Waals surface area contributed by atoms with Crippen LogP contribution in [-0.4, -0.2) is 46.1 Å². The number of rotatable bonds is 10. The van der Waals surface area contributed by atoms with Gasteiger partial charge in [0.2, 0.25) is 5.91 Å². The molecule has 3 aromatic rings. The fourth-order valence-corrected chi connectivity index (χ4v) is 6.11. The lowest BCUT2D eigenvalue weighted by Crippen LogP contribution is -2.18. The van der Waals surface area contributed by atoms with Crippen LogP contribution in [0.25, 0.3) is 0 Å². The highest BCUT2D eigenvalue weighted by Gasteiger charge is 2.29. The van der Waals surface area contributed by atoms with Gasteiger partial charge >= 0.3 is 5.97 Å². The predicted molar refractivity (Wildman–Crippen MR) is 139 cm³/mol. The molecule has 2 heterocycles.